The van der Waals surface area contributed by atoms with E-state index in [9.17, 15) is 35.7 Å². The van der Waals surface area contributed by atoms with Crippen molar-refractivity contribution in [3.05, 3.63) is 125 Å². The zero-order valence-corrected chi connectivity index (χ0v) is 29.3. The molecule has 1 unspecified atom stereocenters. The Balaban J connectivity index is 0.00000600. The van der Waals surface area contributed by atoms with E-state index in [4.69, 9.17) is 0 Å². The molecule has 0 aliphatic heterocycles. The summed E-state index contributed by atoms with van der Waals surface area (Å²) in [5, 5.41) is 5.29. The molecule has 0 aliphatic carbocycles. The smallest absolute Gasteiger partial charge is 0.748 e. The Bertz CT molecular complexity index is 1790. The first kappa shape index (κ1) is 38.0. The van der Waals surface area contributed by atoms with Crippen molar-refractivity contribution in [2.45, 2.75) is 44.7 Å². The van der Waals surface area contributed by atoms with Crippen LogP contribution in [0.3, 0.4) is 0 Å². The van der Waals surface area contributed by atoms with Crippen molar-refractivity contribution in [1.82, 2.24) is 5.32 Å². The predicted octanol–water partition coefficient (Wildman–Crippen LogP) is 3.91. The average Bonchev–Trinajstić information content (AvgIpc) is 2.99. The molecule has 0 aromatic heterocycles. The van der Waals surface area contributed by atoms with E-state index in [0.717, 1.165) is 22.8 Å². The Hall–Kier alpha value is -3.48. The predicted molar refractivity (Wildman–Crippen MR) is 170 cm³/mol. The molecule has 47 heavy (non-hydrogen) atoms. The van der Waals surface area contributed by atoms with Crippen LogP contribution in [0.2, 0.25) is 0 Å². The van der Waals surface area contributed by atoms with Gasteiger partial charge in [-0.3, -0.25) is 9.59 Å². The van der Waals surface area contributed by atoms with Gasteiger partial charge in [0.2, 0.25) is 5.91 Å². The summed E-state index contributed by atoms with van der Waals surface area (Å²) in [6, 6.07) is 25.7. The van der Waals surface area contributed by atoms with Gasteiger partial charge in [-0.05, 0) is 70.0 Å². The maximum Gasteiger partial charge on any atom is 1.00 e. The standard InChI is InChI=1S/C35H35F3N2O5S.Na/c1-34(2,3)27-16-12-25(13-17-27)30(22-23-8-10-26(11-9-23)32(41)39-20-21-46(43,44)45)33(42)40-28-18-14-24(15-19-28)29-6-4-5-7-31(29)35(36,37)38;/h4-19,30H,20-22H2,1-3H3,(H,39,41)(H,40,42)(H,43,44,45);/q;+1/p-1. The van der Waals surface area contributed by atoms with Crippen LogP contribution in [0.5, 0.6) is 0 Å². The van der Waals surface area contributed by atoms with Crippen molar-refractivity contribution in [2.75, 3.05) is 17.6 Å². The molecule has 4 aromatic rings. The summed E-state index contributed by atoms with van der Waals surface area (Å²) in [4.78, 5) is 26.1. The molecule has 1 atom stereocenters. The molecule has 12 heteroatoms. The fourth-order valence-electron chi connectivity index (χ4n) is 4.94. The third-order valence-corrected chi connectivity index (χ3v) is 8.19. The van der Waals surface area contributed by atoms with Crippen molar-refractivity contribution in [1.29, 1.82) is 0 Å². The molecular weight excluding hydrogens is 640 g/mol. The third kappa shape index (κ3) is 10.8. The molecule has 0 fully saturated rings. The maximum absolute atomic E-state index is 13.7. The Morgan fingerprint density at radius 3 is 1.98 bits per heavy atom. The molecule has 2 N–H and O–H groups in total. The number of hydrogen-bond donors (Lipinski definition) is 2. The normalized spacial score (nSPS) is 12.5. The number of carbonyl (C=O) groups is 2. The Labute approximate surface area is 295 Å². The third-order valence-electron chi connectivity index (χ3n) is 7.49. The first-order valence-corrected chi connectivity index (χ1v) is 16.1. The number of nitrogens with one attached hydrogen (secondary N) is 2. The zero-order chi connectivity index (χ0) is 33.7. The number of anilines is 1. The van der Waals surface area contributed by atoms with Crippen LogP contribution in [0.1, 0.15) is 59.3 Å². The fraction of sp³-hybridized carbons (Fsp3) is 0.257. The van der Waals surface area contributed by atoms with Gasteiger partial charge >= 0.3 is 35.7 Å². The second kappa shape index (κ2) is 15.6. The van der Waals surface area contributed by atoms with Crippen molar-refractivity contribution >= 4 is 27.6 Å². The van der Waals surface area contributed by atoms with Gasteiger partial charge in [-0.2, -0.15) is 13.2 Å². The van der Waals surface area contributed by atoms with Gasteiger partial charge in [-0.15, -0.1) is 0 Å². The average molecular weight is 675 g/mol. The van der Waals surface area contributed by atoms with Crippen molar-refractivity contribution in [3.8, 4) is 11.1 Å². The van der Waals surface area contributed by atoms with Gasteiger partial charge in [-0.25, -0.2) is 8.42 Å². The molecule has 242 valence electrons. The van der Waals surface area contributed by atoms with Gasteiger partial charge < -0.3 is 15.2 Å². The summed E-state index contributed by atoms with van der Waals surface area (Å²) in [7, 11) is -4.46. The van der Waals surface area contributed by atoms with Gasteiger partial charge in [0, 0.05) is 17.8 Å². The summed E-state index contributed by atoms with van der Waals surface area (Å²) in [6.45, 7) is 5.94. The van der Waals surface area contributed by atoms with Crippen molar-refractivity contribution in [2.24, 2.45) is 0 Å². The molecule has 0 aliphatic rings. The van der Waals surface area contributed by atoms with Crippen LogP contribution in [0, 0.1) is 0 Å². The van der Waals surface area contributed by atoms with Gasteiger partial charge in [0.1, 0.15) is 0 Å². The van der Waals surface area contributed by atoms with Crippen molar-refractivity contribution < 1.29 is 65.3 Å². The summed E-state index contributed by atoms with van der Waals surface area (Å²) >= 11 is 0. The largest absolute Gasteiger partial charge is 1.00 e. The van der Waals surface area contributed by atoms with E-state index in [2.05, 4.69) is 31.4 Å². The number of alkyl halides is 3. The second-order valence-electron chi connectivity index (χ2n) is 12.0. The second-order valence-corrected chi connectivity index (χ2v) is 13.5. The SMILES string of the molecule is CC(C)(C)c1ccc(C(Cc2ccc(C(=O)NCCS(=O)(=O)[O-])cc2)C(=O)Nc2ccc(-c3ccccc3C(F)(F)F)cc2)cc1.[Na+]. The number of rotatable bonds is 10. The summed E-state index contributed by atoms with van der Waals surface area (Å²) in [5.74, 6) is -2.23. The fourth-order valence-corrected chi connectivity index (χ4v) is 5.29. The Morgan fingerprint density at radius 1 is 0.830 bits per heavy atom. The van der Waals surface area contributed by atoms with E-state index >= 15 is 0 Å². The number of benzene rings is 4. The van der Waals surface area contributed by atoms with E-state index in [1.807, 2.05) is 24.3 Å². The quantitative estimate of drug-likeness (QED) is 0.196. The van der Waals surface area contributed by atoms with E-state index in [-0.39, 0.29) is 65.0 Å². The molecule has 0 spiro atoms. The van der Waals surface area contributed by atoms with E-state index in [1.165, 1.54) is 30.3 Å². The van der Waals surface area contributed by atoms with E-state index < -0.39 is 39.4 Å². The number of carbonyl (C=O) groups excluding carboxylic acids is 2. The minimum Gasteiger partial charge on any atom is -0.748 e. The van der Waals surface area contributed by atoms with Gasteiger partial charge in [0.25, 0.3) is 5.91 Å². The topological polar surface area (TPSA) is 115 Å². The summed E-state index contributed by atoms with van der Waals surface area (Å²) < 4.78 is 73.0. The van der Waals surface area contributed by atoms with Crippen LogP contribution >= 0.6 is 0 Å². The molecule has 2 amide bonds. The molecule has 4 aromatic carbocycles. The zero-order valence-electron chi connectivity index (χ0n) is 26.5. The minimum absolute atomic E-state index is 0. The number of halogens is 3. The van der Waals surface area contributed by atoms with Crippen LogP contribution in [0.4, 0.5) is 18.9 Å². The maximum atomic E-state index is 13.7. The first-order chi connectivity index (χ1) is 21.5. The Kier molecular flexibility index (Phi) is 12.6. The van der Waals surface area contributed by atoms with Gasteiger partial charge in [0.05, 0.1) is 27.4 Å². The molecular formula is C35H34F3N2NaO5S. The number of amides is 2. The minimum atomic E-state index is -4.51. The monoisotopic (exact) mass is 674 g/mol. The van der Waals surface area contributed by atoms with E-state index in [0.29, 0.717) is 11.3 Å². The molecule has 0 radical (unpaired) electrons. The molecule has 7 nitrogen and oxygen atoms in total. The molecule has 0 bridgehead atoms. The van der Waals surface area contributed by atoms with Crippen LogP contribution < -0.4 is 40.2 Å². The molecule has 4 rings (SSSR count). The first-order valence-electron chi connectivity index (χ1n) is 14.5. The van der Waals surface area contributed by atoms with E-state index in [1.54, 1.807) is 36.4 Å². The summed E-state index contributed by atoms with van der Waals surface area (Å²) in [5.41, 5.74) is 2.82. The molecule has 0 saturated heterocycles. The van der Waals surface area contributed by atoms with Gasteiger partial charge in [-0.1, -0.05) is 87.5 Å². The number of hydrogen-bond acceptors (Lipinski definition) is 5. The van der Waals surface area contributed by atoms with Crippen LogP contribution in [-0.4, -0.2) is 37.1 Å². The van der Waals surface area contributed by atoms with Crippen LogP contribution in [-0.2, 0) is 32.9 Å². The summed E-state index contributed by atoms with van der Waals surface area (Å²) in [6.07, 6.45) is -4.24. The molecule has 0 heterocycles. The van der Waals surface area contributed by atoms with Crippen LogP contribution in [0.25, 0.3) is 11.1 Å². The van der Waals surface area contributed by atoms with Crippen LogP contribution in [0.15, 0.2) is 97.1 Å². The van der Waals surface area contributed by atoms with Crippen molar-refractivity contribution in [3.63, 3.8) is 0 Å². The molecule has 0 saturated carbocycles. The Morgan fingerprint density at radius 2 is 1.43 bits per heavy atom. The van der Waals surface area contributed by atoms with Gasteiger partial charge in [0.15, 0.2) is 0 Å².